The van der Waals surface area contributed by atoms with E-state index in [9.17, 15) is 9.59 Å². The lowest BCUT2D eigenvalue weighted by molar-refractivity contribution is -0.114. The number of rotatable bonds is 6. The van der Waals surface area contributed by atoms with E-state index in [0.717, 1.165) is 11.1 Å². The largest absolute Gasteiger partial charge is 0.484 e. The highest BCUT2D eigenvalue weighted by Gasteiger charge is 2.44. The van der Waals surface area contributed by atoms with Gasteiger partial charge in [0, 0.05) is 23.0 Å². The third-order valence-electron chi connectivity index (χ3n) is 5.70. The monoisotopic (exact) mass is 438 g/mol. The summed E-state index contributed by atoms with van der Waals surface area (Å²) in [7, 11) is 0. The van der Waals surface area contributed by atoms with Gasteiger partial charge in [0.15, 0.2) is 13.2 Å². The van der Waals surface area contributed by atoms with E-state index in [4.69, 9.17) is 32.7 Å². The Morgan fingerprint density at radius 1 is 0.633 bits per heavy atom. The molecule has 3 aromatic rings. The molecule has 0 spiro atoms. The van der Waals surface area contributed by atoms with Crippen LogP contribution in [0.3, 0.4) is 0 Å². The quantitative estimate of drug-likeness (QED) is 0.351. The fraction of sp³-hybridized carbons (Fsp3) is 0.167. The Balaban J connectivity index is 1.76. The van der Waals surface area contributed by atoms with Crippen molar-refractivity contribution in [3.63, 3.8) is 0 Å². The maximum Gasteiger partial charge on any atom is 0.259 e. The molecule has 3 aromatic carbocycles. The molecule has 0 saturated carbocycles. The van der Waals surface area contributed by atoms with Gasteiger partial charge in [-0.2, -0.15) is 0 Å². The van der Waals surface area contributed by atoms with Crippen LogP contribution in [-0.4, -0.2) is 23.7 Å². The molecule has 0 amide bonds. The second-order valence-corrected chi connectivity index (χ2v) is 8.14. The van der Waals surface area contributed by atoms with Gasteiger partial charge in [0.1, 0.15) is 11.5 Å². The smallest absolute Gasteiger partial charge is 0.259 e. The Bertz CT molecular complexity index is 1050. The lowest BCUT2D eigenvalue weighted by Crippen LogP contribution is -2.29. The summed E-state index contributed by atoms with van der Waals surface area (Å²) in [5.41, 5.74) is 6.66. The van der Waals surface area contributed by atoms with E-state index in [1.54, 1.807) is 12.1 Å². The minimum Gasteiger partial charge on any atom is -0.484 e. The molecule has 0 heterocycles. The van der Waals surface area contributed by atoms with E-state index in [0.29, 0.717) is 11.5 Å². The van der Waals surface area contributed by atoms with E-state index in [1.165, 1.54) is 22.3 Å². The fourth-order valence-electron chi connectivity index (χ4n) is 4.74. The summed E-state index contributed by atoms with van der Waals surface area (Å²) in [6.07, 6.45) is 0. The Morgan fingerprint density at radius 3 is 1.27 bits per heavy atom. The first-order valence-electron chi connectivity index (χ1n) is 9.53. The molecule has 0 atom stereocenters. The maximum absolute atomic E-state index is 11.3. The fourth-order valence-corrected chi connectivity index (χ4v) is 4.85. The minimum atomic E-state index is -0.571. The normalized spacial score (nSPS) is 17.5. The van der Waals surface area contributed by atoms with Crippen molar-refractivity contribution in [1.29, 1.82) is 0 Å². The van der Waals surface area contributed by atoms with Gasteiger partial charge in [0.25, 0.3) is 10.5 Å². The van der Waals surface area contributed by atoms with Crippen molar-refractivity contribution in [2.45, 2.75) is 11.8 Å². The van der Waals surface area contributed by atoms with Gasteiger partial charge >= 0.3 is 0 Å². The highest BCUT2D eigenvalue weighted by atomic mass is 35.5. The molecule has 3 aliphatic carbocycles. The molecule has 150 valence electrons. The zero-order chi connectivity index (χ0) is 20.8. The Morgan fingerprint density at radius 2 is 0.967 bits per heavy atom. The number of carbonyl (C=O) groups excluding carboxylic acids is 2. The highest BCUT2D eigenvalue weighted by molar-refractivity contribution is 6.64. The Hall–Kier alpha value is -2.82. The van der Waals surface area contributed by atoms with Gasteiger partial charge in [-0.25, -0.2) is 0 Å². The summed E-state index contributed by atoms with van der Waals surface area (Å²) in [6.45, 7) is -0.454. The number of ether oxygens (including phenoxy) is 2. The van der Waals surface area contributed by atoms with Crippen molar-refractivity contribution in [2.75, 3.05) is 13.2 Å². The molecule has 0 unspecified atom stereocenters. The molecule has 30 heavy (non-hydrogen) atoms. The first-order chi connectivity index (χ1) is 14.6. The number of benzene rings is 3. The molecular formula is C24H16Cl2O4. The van der Waals surface area contributed by atoms with Crippen molar-refractivity contribution in [3.8, 4) is 11.5 Å². The first-order valence-corrected chi connectivity index (χ1v) is 10.3. The average Bonchev–Trinajstić information content (AvgIpc) is 2.76. The van der Waals surface area contributed by atoms with Gasteiger partial charge in [-0.1, -0.05) is 48.5 Å². The van der Waals surface area contributed by atoms with Gasteiger partial charge < -0.3 is 9.47 Å². The molecule has 6 rings (SSSR count). The van der Waals surface area contributed by atoms with Crippen LogP contribution in [0.4, 0.5) is 0 Å². The second-order valence-electron chi connectivity index (χ2n) is 7.30. The average molecular weight is 439 g/mol. The lowest BCUT2D eigenvalue weighted by atomic mass is 9.60. The third-order valence-corrected chi connectivity index (χ3v) is 5.92. The molecule has 4 nitrogen and oxygen atoms in total. The zero-order valence-corrected chi connectivity index (χ0v) is 17.2. The summed E-state index contributed by atoms with van der Waals surface area (Å²) in [4.78, 5) is 22.7. The highest BCUT2D eigenvalue weighted by Crippen LogP contribution is 2.59. The summed E-state index contributed by atoms with van der Waals surface area (Å²) in [5, 5.41) is -1.14. The topological polar surface area (TPSA) is 52.6 Å². The minimum absolute atomic E-state index is 0.0759. The van der Waals surface area contributed by atoms with Gasteiger partial charge in [0.05, 0.1) is 0 Å². The molecule has 0 saturated heterocycles. The molecule has 2 bridgehead atoms. The van der Waals surface area contributed by atoms with E-state index in [2.05, 4.69) is 24.3 Å². The van der Waals surface area contributed by atoms with E-state index >= 15 is 0 Å². The summed E-state index contributed by atoms with van der Waals surface area (Å²) < 4.78 is 11.6. The van der Waals surface area contributed by atoms with Gasteiger partial charge in [-0.05, 0) is 57.6 Å². The molecule has 0 radical (unpaired) electrons. The number of hydrogen-bond donors (Lipinski definition) is 0. The van der Waals surface area contributed by atoms with Crippen LogP contribution in [0.25, 0.3) is 0 Å². The SMILES string of the molecule is O=C(Cl)COc1ccc(OCC(=O)Cl)c2c1C1c3ccccc3C2c2ccccc21. The van der Waals surface area contributed by atoms with Crippen molar-refractivity contribution in [1.82, 2.24) is 0 Å². The third kappa shape index (κ3) is 2.99. The zero-order valence-electron chi connectivity index (χ0n) is 15.7. The number of halogens is 2. The summed E-state index contributed by atoms with van der Waals surface area (Å²) in [6, 6.07) is 20.1. The van der Waals surface area contributed by atoms with Crippen molar-refractivity contribution >= 4 is 33.7 Å². The molecular weight excluding hydrogens is 423 g/mol. The van der Waals surface area contributed by atoms with E-state index < -0.39 is 10.5 Å². The van der Waals surface area contributed by atoms with Crippen LogP contribution in [0.2, 0.25) is 0 Å². The number of carbonyl (C=O) groups is 2. The standard InChI is InChI=1S/C24H16Cl2O4/c25-19(27)11-29-17-9-10-18(30-12-20(26)28)24-22-14-6-2-1-5-13(14)21(23(17)24)15-7-3-4-8-16(15)22/h1-10,21-22H,11-12H2. The van der Waals surface area contributed by atoms with Gasteiger partial charge in [0.2, 0.25) is 0 Å². The van der Waals surface area contributed by atoms with Crippen LogP contribution in [0.1, 0.15) is 45.2 Å². The summed E-state index contributed by atoms with van der Waals surface area (Å²) >= 11 is 11.1. The van der Waals surface area contributed by atoms with Crippen LogP contribution in [0.5, 0.6) is 11.5 Å². The molecule has 0 aliphatic heterocycles. The van der Waals surface area contributed by atoms with Crippen LogP contribution < -0.4 is 9.47 Å². The second kappa shape index (κ2) is 7.46. The van der Waals surface area contributed by atoms with Crippen LogP contribution in [0.15, 0.2) is 60.7 Å². The molecule has 3 aliphatic rings. The van der Waals surface area contributed by atoms with Crippen molar-refractivity contribution in [2.24, 2.45) is 0 Å². The van der Waals surface area contributed by atoms with Crippen LogP contribution >= 0.6 is 23.2 Å². The maximum atomic E-state index is 11.3. The Labute approximate surface area is 183 Å². The predicted molar refractivity (Wildman–Crippen MR) is 114 cm³/mol. The van der Waals surface area contributed by atoms with E-state index in [1.807, 2.05) is 24.3 Å². The first kappa shape index (κ1) is 19.2. The molecule has 6 heteroatoms. The molecule has 0 N–H and O–H groups in total. The van der Waals surface area contributed by atoms with Crippen LogP contribution in [0, 0.1) is 0 Å². The number of hydrogen-bond acceptors (Lipinski definition) is 4. The van der Waals surface area contributed by atoms with Crippen LogP contribution in [-0.2, 0) is 9.59 Å². The van der Waals surface area contributed by atoms with Crippen molar-refractivity contribution in [3.05, 3.63) is 94.0 Å². The lowest BCUT2D eigenvalue weighted by Gasteiger charge is -2.43. The van der Waals surface area contributed by atoms with E-state index in [-0.39, 0.29) is 25.0 Å². The van der Waals surface area contributed by atoms with Gasteiger partial charge in [-0.15, -0.1) is 0 Å². The van der Waals surface area contributed by atoms with Gasteiger partial charge in [-0.3, -0.25) is 9.59 Å². The Kier molecular flexibility index (Phi) is 4.76. The molecule has 0 fully saturated rings. The summed E-state index contributed by atoms with van der Waals surface area (Å²) in [5.74, 6) is 1.02. The van der Waals surface area contributed by atoms with Crippen molar-refractivity contribution < 1.29 is 19.1 Å². The molecule has 0 aromatic heterocycles. The predicted octanol–water partition coefficient (Wildman–Crippen LogP) is 4.96.